The summed E-state index contributed by atoms with van der Waals surface area (Å²) in [6.07, 6.45) is -1.02. The van der Waals surface area contributed by atoms with Crippen molar-refractivity contribution in [2.75, 3.05) is 36.5 Å². The molecular formula is C33H36N4O8. The number of nitrogens with one attached hydrogen (secondary N) is 2. The normalized spacial score (nSPS) is 19.0. The van der Waals surface area contributed by atoms with Gasteiger partial charge in [-0.05, 0) is 31.7 Å². The average molecular weight is 617 g/mol. The molecule has 2 heterocycles. The first-order valence-corrected chi connectivity index (χ1v) is 14.4. The number of hydrogen-bond donors (Lipinski definition) is 3. The van der Waals surface area contributed by atoms with E-state index in [9.17, 15) is 29.1 Å². The SMILES string of the molecule is CC(=O)c1ccccc1.CN[C@H]1CN(C(=O)CO)c2ccccc2N(CC(=O)N[C@H]2CC(=O)OC2OCc2ccccc2)C1=O. The number of Topliss-reactive ketones (excluding diaryl/α,β-unsaturated/α-hetero) is 1. The molecule has 1 unspecified atom stereocenters. The summed E-state index contributed by atoms with van der Waals surface area (Å²) < 4.78 is 11.0. The van der Waals surface area contributed by atoms with Gasteiger partial charge in [-0.2, -0.15) is 0 Å². The number of carbonyl (C=O) groups excluding carboxylic acids is 5. The fraction of sp³-hybridized carbons (Fsp3) is 0.303. The van der Waals surface area contributed by atoms with Crippen molar-refractivity contribution in [3.63, 3.8) is 0 Å². The lowest BCUT2D eigenvalue weighted by Crippen LogP contribution is -2.53. The summed E-state index contributed by atoms with van der Waals surface area (Å²) in [5.74, 6) is -1.88. The van der Waals surface area contributed by atoms with Crippen molar-refractivity contribution >= 4 is 40.8 Å². The number of ketones is 1. The largest absolute Gasteiger partial charge is 0.433 e. The summed E-state index contributed by atoms with van der Waals surface area (Å²) in [4.78, 5) is 64.0. The maximum atomic E-state index is 13.3. The molecule has 12 nitrogen and oxygen atoms in total. The van der Waals surface area contributed by atoms with E-state index >= 15 is 0 Å². The number of aliphatic hydroxyl groups excluding tert-OH is 1. The molecule has 0 aromatic heterocycles. The number of ether oxygens (including phenoxy) is 2. The van der Waals surface area contributed by atoms with Crippen LogP contribution in [0, 0.1) is 0 Å². The zero-order valence-corrected chi connectivity index (χ0v) is 25.0. The molecule has 3 aromatic rings. The maximum Gasteiger partial charge on any atom is 0.310 e. The summed E-state index contributed by atoms with van der Waals surface area (Å²) in [5, 5.41) is 15.1. The minimum atomic E-state index is -0.962. The first-order valence-electron chi connectivity index (χ1n) is 14.4. The number of anilines is 2. The van der Waals surface area contributed by atoms with Crippen LogP contribution in [-0.4, -0.2) is 79.7 Å². The Balaban J connectivity index is 0.000000440. The molecule has 1 saturated heterocycles. The number of para-hydroxylation sites is 2. The van der Waals surface area contributed by atoms with Crippen LogP contribution in [0.3, 0.4) is 0 Å². The molecule has 1 fully saturated rings. The minimum Gasteiger partial charge on any atom is -0.433 e. The third-order valence-corrected chi connectivity index (χ3v) is 7.23. The summed E-state index contributed by atoms with van der Waals surface area (Å²) in [5.41, 5.74) is 2.42. The minimum absolute atomic E-state index is 0.00970. The number of esters is 1. The van der Waals surface area contributed by atoms with Gasteiger partial charge >= 0.3 is 5.97 Å². The number of aliphatic hydroxyl groups is 1. The Hall–Kier alpha value is -4.91. The Labute approximate surface area is 260 Å². The molecule has 3 N–H and O–H groups in total. The van der Waals surface area contributed by atoms with Gasteiger partial charge in [0.25, 0.3) is 5.91 Å². The van der Waals surface area contributed by atoms with Crippen molar-refractivity contribution in [3.8, 4) is 0 Å². The molecule has 2 aliphatic heterocycles. The van der Waals surface area contributed by atoms with Crippen LogP contribution in [0.5, 0.6) is 0 Å². The van der Waals surface area contributed by atoms with Gasteiger partial charge in [0.15, 0.2) is 5.78 Å². The third kappa shape index (κ3) is 8.60. The molecule has 236 valence electrons. The van der Waals surface area contributed by atoms with Crippen LogP contribution in [0.1, 0.15) is 29.3 Å². The fourth-order valence-corrected chi connectivity index (χ4v) is 4.91. The first kappa shape index (κ1) is 33.0. The second kappa shape index (κ2) is 15.7. The Morgan fingerprint density at radius 2 is 1.56 bits per heavy atom. The van der Waals surface area contributed by atoms with E-state index in [2.05, 4.69) is 10.6 Å². The highest BCUT2D eigenvalue weighted by Gasteiger charge is 2.39. The van der Waals surface area contributed by atoms with E-state index in [-0.39, 0.29) is 31.9 Å². The predicted molar refractivity (Wildman–Crippen MR) is 165 cm³/mol. The molecule has 0 aliphatic carbocycles. The number of hydrogen-bond acceptors (Lipinski definition) is 9. The first-order chi connectivity index (χ1) is 21.7. The van der Waals surface area contributed by atoms with Crippen LogP contribution in [0.2, 0.25) is 0 Å². The zero-order chi connectivity index (χ0) is 32.3. The van der Waals surface area contributed by atoms with Gasteiger partial charge in [-0.15, -0.1) is 0 Å². The van der Waals surface area contributed by atoms with E-state index in [0.29, 0.717) is 11.4 Å². The highest BCUT2D eigenvalue weighted by Crippen LogP contribution is 2.33. The van der Waals surface area contributed by atoms with Crippen LogP contribution in [0.15, 0.2) is 84.9 Å². The van der Waals surface area contributed by atoms with Crippen molar-refractivity contribution in [2.24, 2.45) is 0 Å². The molecule has 2 aliphatic rings. The van der Waals surface area contributed by atoms with Gasteiger partial charge in [0.1, 0.15) is 25.2 Å². The molecule has 3 aromatic carbocycles. The molecule has 0 bridgehead atoms. The number of cyclic esters (lactones) is 1. The van der Waals surface area contributed by atoms with Crippen molar-refractivity contribution in [3.05, 3.63) is 96.1 Å². The summed E-state index contributed by atoms with van der Waals surface area (Å²) >= 11 is 0. The Morgan fingerprint density at radius 3 is 2.16 bits per heavy atom. The molecular weight excluding hydrogens is 580 g/mol. The predicted octanol–water partition coefficient (Wildman–Crippen LogP) is 1.81. The molecule has 45 heavy (non-hydrogen) atoms. The number of carbonyl (C=O) groups is 5. The van der Waals surface area contributed by atoms with Gasteiger partial charge in [0.2, 0.25) is 18.1 Å². The number of benzene rings is 3. The van der Waals surface area contributed by atoms with E-state index in [4.69, 9.17) is 9.47 Å². The van der Waals surface area contributed by atoms with E-state index in [1.165, 1.54) is 9.80 Å². The molecule has 5 rings (SSSR count). The van der Waals surface area contributed by atoms with Gasteiger partial charge in [-0.1, -0.05) is 72.8 Å². The molecule has 0 saturated carbocycles. The van der Waals surface area contributed by atoms with Crippen LogP contribution in [0.4, 0.5) is 11.4 Å². The van der Waals surface area contributed by atoms with Crippen molar-refractivity contribution in [2.45, 2.75) is 38.3 Å². The molecule has 0 radical (unpaired) electrons. The average Bonchev–Trinajstić information content (AvgIpc) is 3.36. The Bertz CT molecular complexity index is 1500. The van der Waals surface area contributed by atoms with Gasteiger partial charge < -0.3 is 30.1 Å². The van der Waals surface area contributed by atoms with E-state index < -0.39 is 48.7 Å². The van der Waals surface area contributed by atoms with E-state index in [1.807, 2.05) is 60.7 Å². The van der Waals surface area contributed by atoms with Gasteiger partial charge in [0, 0.05) is 5.56 Å². The molecule has 3 amide bonds. The van der Waals surface area contributed by atoms with Crippen molar-refractivity contribution in [1.82, 2.24) is 10.6 Å². The monoisotopic (exact) mass is 616 g/mol. The number of likely N-dealkylation sites (N-methyl/N-ethyl adjacent to an activating group) is 1. The third-order valence-electron chi connectivity index (χ3n) is 7.23. The van der Waals surface area contributed by atoms with Crippen LogP contribution in [0.25, 0.3) is 0 Å². The van der Waals surface area contributed by atoms with Crippen molar-refractivity contribution in [1.29, 1.82) is 0 Å². The topological polar surface area (TPSA) is 155 Å². The lowest BCUT2D eigenvalue weighted by molar-refractivity contribution is -0.168. The second-order valence-electron chi connectivity index (χ2n) is 10.4. The standard InChI is InChI=1S/C25H28N4O7.C8H8O/c1-26-18-12-28(22(32)14-30)19-9-5-6-10-20(19)29(24(18)34)13-21(31)27-17-11-23(33)36-25(17)35-15-16-7-3-2-4-8-16;1-7(9)8-5-3-2-4-6-8/h2-10,17-18,25-26,30H,11-15H2,1H3,(H,27,31);2-6H,1H3/t17-,18-,25?;/m0./s1. The van der Waals surface area contributed by atoms with Gasteiger partial charge in [0.05, 0.1) is 30.9 Å². The van der Waals surface area contributed by atoms with Crippen LogP contribution in [-0.2, 0) is 35.3 Å². The second-order valence-corrected chi connectivity index (χ2v) is 10.4. The maximum absolute atomic E-state index is 13.3. The quantitative estimate of drug-likeness (QED) is 0.241. The highest BCUT2D eigenvalue weighted by molar-refractivity contribution is 6.09. The van der Waals surface area contributed by atoms with Gasteiger partial charge in [-0.3, -0.25) is 28.9 Å². The van der Waals surface area contributed by atoms with Crippen LogP contribution >= 0.6 is 0 Å². The molecule has 12 heteroatoms. The fourth-order valence-electron chi connectivity index (χ4n) is 4.91. The summed E-state index contributed by atoms with van der Waals surface area (Å²) in [6.45, 7) is 0.673. The molecule has 0 spiro atoms. The lowest BCUT2D eigenvalue weighted by atomic mass is 10.2. The van der Waals surface area contributed by atoms with E-state index in [0.717, 1.165) is 11.1 Å². The summed E-state index contributed by atoms with van der Waals surface area (Å²) in [6, 6.07) is 23.7. The highest BCUT2D eigenvalue weighted by atomic mass is 16.7. The lowest BCUT2D eigenvalue weighted by Gasteiger charge is -2.26. The number of amides is 3. The number of rotatable bonds is 9. The number of nitrogens with zero attached hydrogens (tertiary/aromatic N) is 2. The summed E-state index contributed by atoms with van der Waals surface area (Å²) in [7, 11) is 1.58. The van der Waals surface area contributed by atoms with Gasteiger partial charge in [-0.25, -0.2) is 0 Å². The number of fused-ring (bicyclic) bond motifs is 1. The smallest absolute Gasteiger partial charge is 0.310 e. The Morgan fingerprint density at radius 1 is 0.933 bits per heavy atom. The Kier molecular flexibility index (Phi) is 11.5. The van der Waals surface area contributed by atoms with Crippen LogP contribution < -0.4 is 20.4 Å². The van der Waals surface area contributed by atoms with E-state index in [1.54, 1.807) is 38.2 Å². The van der Waals surface area contributed by atoms with Crippen molar-refractivity contribution < 1.29 is 38.6 Å². The molecule has 3 atom stereocenters. The zero-order valence-electron chi connectivity index (χ0n) is 25.0.